The maximum absolute atomic E-state index is 6.09. The van der Waals surface area contributed by atoms with Crippen LogP contribution in [0.25, 0.3) is 0 Å². The zero-order chi connectivity index (χ0) is 19.1. The molecular weight excluding hydrogens is 346 g/mol. The number of hydrogen-bond acceptors (Lipinski definition) is 2. The lowest BCUT2D eigenvalue weighted by Gasteiger charge is -2.22. The Balaban J connectivity index is 2.04. The Labute approximate surface area is 162 Å². The van der Waals surface area contributed by atoms with Gasteiger partial charge in [0, 0.05) is 39.1 Å². The number of hydrogen-bond donors (Lipinski definition) is 1. The molecule has 1 heterocycles. The summed E-state index contributed by atoms with van der Waals surface area (Å²) in [4.78, 5) is 9.07. The summed E-state index contributed by atoms with van der Waals surface area (Å²) >= 11 is 6.09. The molecule has 142 valence electrons. The van der Waals surface area contributed by atoms with Crippen molar-refractivity contribution in [3.05, 3.63) is 58.4 Å². The normalized spacial score (nSPS) is 11.9. The Morgan fingerprint density at radius 1 is 1.12 bits per heavy atom. The van der Waals surface area contributed by atoms with Crippen LogP contribution in [0.15, 0.2) is 41.5 Å². The van der Waals surface area contributed by atoms with Gasteiger partial charge in [-0.1, -0.05) is 35.9 Å². The first-order chi connectivity index (χ1) is 12.4. The number of halogens is 1. The predicted octanol–water partition coefficient (Wildman–Crippen LogP) is 3.34. The van der Waals surface area contributed by atoms with Crippen molar-refractivity contribution >= 4 is 17.6 Å². The first kappa shape index (κ1) is 20.3. The van der Waals surface area contributed by atoms with E-state index in [1.807, 2.05) is 30.9 Å². The zero-order valence-corrected chi connectivity index (χ0v) is 17.2. The molecule has 0 radical (unpaired) electrons. The van der Waals surface area contributed by atoms with E-state index in [0.717, 1.165) is 36.3 Å². The van der Waals surface area contributed by atoms with Crippen molar-refractivity contribution in [2.75, 3.05) is 27.7 Å². The molecule has 6 heteroatoms. The van der Waals surface area contributed by atoms with Crippen LogP contribution in [-0.2, 0) is 26.7 Å². The molecule has 0 spiro atoms. The van der Waals surface area contributed by atoms with Crippen molar-refractivity contribution in [1.29, 1.82) is 0 Å². The van der Waals surface area contributed by atoms with Gasteiger partial charge in [0.2, 0.25) is 0 Å². The summed E-state index contributed by atoms with van der Waals surface area (Å²) in [6, 6.07) is 10.7. The Morgan fingerprint density at radius 3 is 2.31 bits per heavy atom. The molecule has 0 amide bonds. The Bertz CT molecular complexity index is 718. The lowest BCUT2D eigenvalue weighted by molar-refractivity contribution is 0.402. The van der Waals surface area contributed by atoms with Crippen molar-refractivity contribution in [1.82, 2.24) is 19.7 Å². The van der Waals surface area contributed by atoms with Crippen molar-refractivity contribution in [2.45, 2.75) is 26.6 Å². The number of benzene rings is 1. The number of nitrogens with zero attached hydrogens (tertiary/aromatic N) is 4. The summed E-state index contributed by atoms with van der Waals surface area (Å²) in [5, 5.41) is 4.12. The third-order valence-corrected chi connectivity index (χ3v) is 4.31. The summed E-state index contributed by atoms with van der Waals surface area (Å²) in [5.74, 6) is 0.891. The molecule has 26 heavy (non-hydrogen) atoms. The molecule has 5 nitrogen and oxygen atoms in total. The highest BCUT2D eigenvalue weighted by Crippen LogP contribution is 2.14. The van der Waals surface area contributed by atoms with E-state index in [4.69, 9.17) is 16.6 Å². The molecule has 2 rings (SSSR count). The second-order valence-corrected chi connectivity index (χ2v) is 7.28. The second-order valence-electron chi connectivity index (χ2n) is 6.84. The Kier molecular flexibility index (Phi) is 7.54. The van der Waals surface area contributed by atoms with Gasteiger partial charge in [-0.25, -0.2) is 4.99 Å². The molecular formula is C20H30ClN5. The first-order valence-electron chi connectivity index (χ1n) is 8.91. The van der Waals surface area contributed by atoms with Crippen molar-refractivity contribution < 1.29 is 0 Å². The monoisotopic (exact) mass is 375 g/mol. The third-order valence-electron chi connectivity index (χ3n) is 4.10. The van der Waals surface area contributed by atoms with Crippen LogP contribution in [0.3, 0.4) is 0 Å². The zero-order valence-electron chi connectivity index (χ0n) is 16.5. The predicted molar refractivity (Wildman–Crippen MR) is 111 cm³/mol. The summed E-state index contributed by atoms with van der Waals surface area (Å²) in [7, 11) is 8.21. The van der Waals surface area contributed by atoms with Crippen molar-refractivity contribution in [3.8, 4) is 0 Å². The van der Waals surface area contributed by atoms with Crippen LogP contribution in [0.5, 0.6) is 0 Å². The molecule has 2 aromatic rings. The van der Waals surface area contributed by atoms with Crippen molar-refractivity contribution in [3.63, 3.8) is 0 Å². The van der Waals surface area contributed by atoms with Crippen LogP contribution in [-0.4, -0.2) is 48.0 Å². The van der Waals surface area contributed by atoms with E-state index in [-0.39, 0.29) is 0 Å². The molecule has 1 N–H and O–H groups in total. The number of aromatic nitrogens is 1. The highest BCUT2D eigenvalue weighted by Gasteiger charge is 2.09. The topological polar surface area (TPSA) is 35.8 Å². The lowest BCUT2D eigenvalue weighted by Crippen LogP contribution is -2.38. The number of aryl methyl sites for hydroxylation is 1. The number of aliphatic imine (C=N–C) groups is 1. The van der Waals surface area contributed by atoms with Gasteiger partial charge in [-0.3, -0.25) is 0 Å². The van der Waals surface area contributed by atoms with Gasteiger partial charge in [-0.15, -0.1) is 0 Å². The summed E-state index contributed by atoms with van der Waals surface area (Å²) in [6.07, 6.45) is 1.92. The molecule has 0 unspecified atom stereocenters. The third kappa shape index (κ3) is 6.07. The van der Waals surface area contributed by atoms with Crippen LogP contribution in [0, 0.1) is 0 Å². The van der Waals surface area contributed by atoms with E-state index >= 15 is 0 Å². The first-order valence-corrected chi connectivity index (χ1v) is 9.29. The molecule has 0 aliphatic carbocycles. The highest BCUT2D eigenvalue weighted by atomic mass is 35.5. The van der Waals surface area contributed by atoms with Crippen LogP contribution in [0.2, 0.25) is 5.02 Å². The van der Waals surface area contributed by atoms with Gasteiger partial charge < -0.3 is 19.7 Å². The van der Waals surface area contributed by atoms with E-state index in [2.05, 4.69) is 60.4 Å². The SMILES string of the molecule is CCNC(=NCc1ccc(CN(C)C)cc1)N(C)Cc1cc(Cl)cn1C. The largest absolute Gasteiger partial charge is 0.357 e. The maximum atomic E-state index is 6.09. The minimum atomic E-state index is 0.656. The van der Waals surface area contributed by atoms with Gasteiger partial charge in [0.05, 0.1) is 18.1 Å². The Morgan fingerprint density at radius 2 is 1.77 bits per heavy atom. The van der Waals surface area contributed by atoms with E-state index in [1.54, 1.807) is 0 Å². The smallest absolute Gasteiger partial charge is 0.194 e. The minimum Gasteiger partial charge on any atom is -0.357 e. The summed E-state index contributed by atoms with van der Waals surface area (Å²) < 4.78 is 2.05. The standard InChI is InChI=1S/C20H30ClN5/c1-6-22-20(26(5)15-19-11-18(21)14-25(19)4)23-12-16-7-9-17(10-8-16)13-24(2)3/h7-11,14H,6,12-13,15H2,1-5H3,(H,22,23). The van der Waals surface area contributed by atoms with E-state index in [1.165, 1.54) is 11.1 Å². The van der Waals surface area contributed by atoms with E-state index < -0.39 is 0 Å². The average molecular weight is 376 g/mol. The lowest BCUT2D eigenvalue weighted by atomic mass is 10.1. The van der Waals surface area contributed by atoms with Crippen LogP contribution in [0.1, 0.15) is 23.7 Å². The van der Waals surface area contributed by atoms with Crippen LogP contribution >= 0.6 is 11.6 Å². The summed E-state index contributed by atoms with van der Waals surface area (Å²) in [6.45, 7) is 5.27. The van der Waals surface area contributed by atoms with Crippen LogP contribution < -0.4 is 5.32 Å². The van der Waals surface area contributed by atoms with Crippen LogP contribution in [0.4, 0.5) is 0 Å². The number of nitrogens with one attached hydrogen (secondary N) is 1. The number of rotatable bonds is 7. The molecule has 0 bridgehead atoms. The summed E-state index contributed by atoms with van der Waals surface area (Å²) in [5.41, 5.74) is 3.67. The Hall–Kier alpha value is -1.98. The van der Waals surface area contributed by atoms with Gasteiger partial charge >= 0.3 is 0 Å². The minimum absolute atomic E-state index is 0.656. The van der Waals surface area contributed by atoms with Gasteiger partial charge in [0.1, 0.15) is 0 Å². The van der Waals surface area contributed by atoms with E-state index in [9.17, 15) is 0 Å². The second kappa shape index (κ2) is 9.64. The number of guanidine groups is 1. The highest BCUT2D eigenvalue weighted by molar-refractivity contribution is 6.30. The molecule has 0 fully saturated rings. The molecule has 0 aliphatic rings. The molecule has 0 aliphatic heterocycles. The maximum Gasteiger partial charge on any atom is 0.194 e. The fourth-order valence-electron chi connectivity index (χ4n) is 2.79. The van der Waals surface area contributed by atoms with Gasteiger partial charge in [0.25, 0.3) is 0 Å². The molecule has 0 atom stereocenters. The molecule has 0 saturated heterocycles. The quantitative estimate of drug-likeness (QED) is 0.595. The van der Waals surface area contributed by atoms with E-state index in [0.29, 0.717) is 6.54 Å². The van der Waals surface area contributed by atoms with Gasteiger partial charge in [-0.05, 0) is 38.2 Å². The molecule has 0 saturated carbocycles. The van der Waals surface area contributed by atoms with Gasteiger partial charge in [-0.2, -0.15) is 0 Å². The fraction of sp³-hybridized carbons (Fsp3) is 0.450. The average Bonchev–Trinajstić information content (AvgIpc) is 2.89. The van der Waals surface area contributed by atoms with Gasteiger partial charge in [0.15, 0.2) is 5.96 Å². The van der Waals surface area contributed by atoms with Crippen molar-refractivity contribution in [2.24, 2.45) is 12.0 Å². The fourth-order valence-corrected chi connectivity index (χ4v) is 3.06. The molecule has 1 aromatic carbocycles. The molecule has 1 aromatic heterocycles.